The van der Waals surface area contributed by atoms with E-state index in [1.807, 2.05) is 37.4 Å². The Labute approximate surface area is 167 Å². The van der Waals surface area contributed by atoms with E-state index in [9.17, 15) is 4.79 Å². The lowest BCUT2D eigenvalue weighted by atomic mass is 10.2. The third kappa shape index (κ3) is 6.08. The fraction of sp³-hybridized carbons (Fsp3) is 0.250. The Kier molecular flexibility index (Phi) is 6.84. The van der Waals surface area contributed by atoms with Crippen LogP contribution in [-0.2, 0) is 6.42 Å². The molecule has 0 fully saturated rings. The number of rotatable bonds is 8. The average molecular weight is 400 g/mol. The normalized spacial score (nSPS) is 10.8. The number of benzene rings is 1. The molecule has 2 aromatic heterocycles. The molecule has 0 saturated carbocycles. The lowest BCUT2D eigenvalue weighted by molar-refractivity contribution is 0.102. The van der Waals surface area contributed by atoms with Gasteiger partial charge in [-0.15, -0.1) is 23.1 Å². The van der Waals surface area contributed by atoms with E-state index in [0.717, 1.165) is 17.2 Å². The number of carbonyl (C=O) groups is 1. The van der Waals surface area contributed by atoms with Crippen LogP contribution in [0.4, 0.5) is 5.13 Å². The largest absolute Gasteiger partial charge is 0.475 e. The second kappa shape index (κ2) is 9.53. The summed E-state index contributed by atoms with van der Waals surface area (Å²) in [5.74, 6) is 1.11. The maximum Gasteiger partial charge on any atom is 0.257 e. The van der Waals surface area contributed by atoms with Crippen molar-refractivity contribution in [1.29, 1.82) is 0 Å². The molecule has 0 radical (unpaired) electrons. The smallest absolute Gasteiger partial charge is 0.257 e. The summed E-state index contributed by atoms with van der Waals surface area (Å²) in [5, 5.41) is 5.97. The van der Waals surface area contributed by atoms with Gasteiger partial charge in [-0.05, 0) is 31.9 Å². The number of hydrogen-bond acceptors (Lipinski definition) is 6. The molecule has 140 valence electrons. The van der Waals surface area contributed by atoms with Gasteiger partial charge < -0.3 is 4.74 Å². The van der Waals surface area contributed by atoms with E-state index in [1.54, 1.807) is 30.1 Å². The maximum atomic E-state index is 12.6. The molecule has 1 aromatic carbocycles. The van der Waals surface area contributed by atoms with Crippen LogP contribution in [0, 0.1) is 0 Å². The van der Waals surface area contributed by atoms with Crippen molar-refractivity contribution in [3.05, 3.63) is 65.2 Å². The minimum Gasteiger partial charge on any atom is -0.475 e. The van der Waals surface area contributed by atoms with Gasteiger partial charge in [-0.1, -0.05) is 30.3 Å². The molecule has 0 bridgehead atoms. The van der Waals surface area contributed by atoms with Gasteiger partial charge in [0.1, 0.15) is 5.03 Å². The molecule has 0 saturated heterocycles. The first-order valence-corrected chi connectivity index (χ1v) is 10.5. The van der Waals surface area contributed by atoms with E-state index in [-0.39, 0.29) is 12.0 Å². The van der Waals surface area contributed by atoms with Crippen molar-refractivity contribution >= 4 is 34.1 Å². The highest BCUT2D eigenvalue weighted by Gasteiger charge is 2.13. The summed E-state index contributed by atoms with van der Waals surface area (Å²) in [7, 11) is 0. The lowest BCUT2D eigenvalue weighted by Crippen LogP contribution is -2.14. The average Bonchev–Trinajstić information content (AvgIpc) is 3.15. The van der Waals surface area contributed by atoms with Crippen LogP contribution in [0.15, 0.2) is 59.1 Å². The van der Waals surface area contributed by atoms with Crippen LogP contribution < -0.4 is 10.1 Å². The lowest BCUT2D eigenvalue weighted by Gasteiger charge is -2.12. The first-order valence-electron chi connectivity index (χ1n) is 8.66. The SMILES string of the molecule is CC(C)Oc1cc(C(=O)Nc2nccs2)cc(SCCc2ccccc2)n1. The number of pyridine rings is 1. The minimum atomic E-state index is -0.217. The van der Waals surface area contributed by atoms with Crippen molar-refractivity contribution < 1.29 is 9.53 Å². The zero-order valence-electron chi connectivity index (χ0n) is 15.2. The molecule has 0 atom stereocenters. The first-order chi connectivity index (χ1) is 13.1. The topological polar surface area (TPSA) is 64.1 Å². The standard InChI is InChI=1S/C20H21N3O2S2/c1-14(2)25-17-12-16(19(24)23-20-21-9-11-27-20)13-18(22-17)26-10-8-15-6-4-3-5-7-15/h3-7,9,11-14H,8,10H2,1-2H3,(H,21,23,24). The summed E-state index contributed by atoms with van der Waals surface area (Å²) in [5.41, 5.74) is 1.79. The van der Waals surface area contributed by atoms with Crippen molar-refractivity contribution in [2.45, 2.75) is 31.4 Å². The number of anilines is 1. The second-order valence-electron chi connectivity index (χ2n) is 6.07. The third-order valence-electron chi connectivity index (χ3n) is 3.53. The van der Waals surface area contributed by atoms with E-state index in [4.69, 9.17) is 4.74 Å². The number of ether oxygens (including phenoxy) is 1. The summed E-state index contributed by atoms with van der Waals surface area (Å²) >= 11 is 2.99. The molecule has 7 heteroatoms. The summed E-state index contributed by atoms with van der Waals surface area (Å²) in [6.07, 6.45) is 2.57. The molecule has 3 rings (SSSR count). The number of nitrogens with zero attached hydrogens (tertiary/aromatic N) is 2. The number of thiazole rings is 1. The molecule has 3 aromatic rings. The molecule has 0 spiro atoms. The zero-order valence-corrected chi connectivity index (χ0v) is 16.8. The van der Waals surface area contributed by atoms with E-state index in [2.05, 4.69) is 27.4 Å². The number of aryl methyl sites for hydroxylation is 1. The van der Waals surface area contributed by atoms with Gasteiger partial charge in [0.2, 0.25) is 5.88 Å². The molecular weight excluding hydrogens is 378 g/mol. The van der Waals surface area contributed by atoms with Crippen LogP contribution in [0.5, 0.6) is 5.88 Å². The molecule has 0 unspecified atom stereocenters. The van der Waals surface area contributed by atoms with Crippen LogP contribution >= 0.6 is 23.1 Å². The third-order valence-corrected chi connectivity index (χ3v) is 5.13. The van der Waals surface area contributed by atoms with Crippen molar-refractivity contribution in [2.24, 2.45) is 0 Å². The molecule has 5 nitrogen and oxygen atoms in total. The molecule has 2 heterocycles. The summed E-state index contributed by atoms with van der Waals surface area (Å²) < 4.78 is 5.73. The minimum absolute atomic E-state index is 0.0167. The fourth-order valence-corrected chi connectivity index (χ4v) is 3.80. The Morgan fingerprint density at radius 1 is 1.26 bits per heavy atom. The van der Waals surface area contributed by atoms with E-state index in [1.165, 1.54) is 16.9 Å². The van der Waals surface area contributed by atoms with Crippen LogP contribution in [0.3, 0.4) is 0 Å². The maximum absolute atomic E-state index is 12.6. The van der Waals surface area contributed by atoms with Crippen molar-refractivity contribution in [1.82, 2.24) is 9.97 Å². The molecular formula is C20H21N3O2S2. The van der Waals surface area contributed by atoms with Gasteiger partial charge in [-0.25, -0.2) is 9.97 Å². The highest BCUT2D eigenvalue weighted by molar-refractivity contribution is 7.99. The predicted molar refractivity (Wildman–Crippen MR) is 111 cm³/mol. The Bertz CT molecular complexity index is 868. The number of hydrogen-bond donors (Lipinski definition) is 1. The van der Waals surface area contributed by atoms with Gasteiger partial charge in [0.05, 0.1) is 6.10 Å². The predicted octanol–water partition coefficient (Wildman–Crippen LogP) is 4.91. The number of carbonyl (C=O) groups excluding carboxylic acids is 1. The van der Waals surface area contributed by atoms with Gasteiger partial charge in [0.15, 0.2) is 5.13 Å². The van der Waals surface area contributed by atoms with Gasteiger partial charge >= 0.3 is 0 Å². The Balaban J connectivity index is 1.72. The van der Waals surface area contributed by atoms with Crippen molar-refractivity contribution in [3.8, 4) is 5.88 Å². The number of nitrogens with one attached hydrogen (secondary N) is 1. The first kappa shape index (κ1) is 19.4. The summed E-state index contributed by atoms with van der Waals surface area (Å²) in [4.78, 5) is 21.2. The van der Waals surface area contributed by atoms with E-state index >= 15 is 0 Å². The van der Waals surface area contributed by atoms with Gasteiger partial charge in [0, 0.05) is 29.0 Å². The summed E-state index contributed by atoms with van der Waals surface area (Å²) in [6, 6.07) is 13.8. The summed E-state index contributed by atoms with van der Waals surface area (Å²) in [6.45, 7) is 3.87. The Morgan fingerprint density at radius 2 is 2.07 bits per heavy atom. The Hall–Kier alpha value is -2.38. The molecule has 0 aliphatic heterocycles. The van der Waals surface area contributed by atoms with E-state index < -0.39 is 0 Å². The van der Waals surface area contributed by atoms with Crippen LogP contribution in [-0.4, -0.2) is 27.7 Å². The highest BCUT2D eigenvalue weighted by Crippen LogP contribution is 2.24. The van der Waals surface area contributed by atoms with Gasteiger partial charge in [-0.3, -0.25) is 10.1 Å². The quantitative estimate of drug-likeness (QED) is 0.545. The molecule has 1 N–H and O–H groups in total. The Morgan fingerprint density at radius 3 is 2.78 bits per heavy atom. The van der Waals surface area contributed by atoms with Crippen LogP contribution in [0.25, 0.3) is 0 Å². The van der Waals surface area contributed by atoms with Gasteiger partial charge in [-0.2, -0.15) is 0 Å². The zero-order chi connectivity index (χ0) is 19.1. The molecule has 0 aliphatic carbocycles. The van der Waals surface area contributed by atoms with Crippen molar-refractivity contribution in [3.63, 3.8) is 0 Å². The van der Waals surface area contributed by atoms with E-state index in [0.29, 0.717) is 16.6 Å². The number of aromatic nitrogens is 2. The van der Waals surface area contributed by atoms with Gasteiger partial charge in [0.25, 0.3) is 5.91 Å². The highest BCUT2D eigenvalue weighted by atomic mass is 32.2. The van der Waals surface area contributed by atoms with Crippen molar-refractivity contribution in [2.75, 3.05) is 11.1 Å². The van der Waals surface area contributed by atoms with Crippen LogP contribution in [0.1, 0.15) is 29.8 Å². The van der Waals surface area contributed by atoms with Crippen LogP contribution in [0.2, 0.25) is 0 Å². The monoisotopic (exact) mass is 399 g/mol. The molecule has 27 heavy (non-hydrogen) atoms. The fourth-order valence-electron chi connectivity index (χ4n) is 2.36. The molecule has 0 aliphatic rings. The molecule has 1 amide bonds. The number of amides is 1. The number of thioether (sulfide) groups is 1. The second-order valence-corrected chi connectivity index (χ2v) is 8.08.